The van der Waals surface area contributed by atoms with Gasteiger partial charge in [-0.25, -0.2) is 0 Å². The van der Waals surface area contributed by atoms with Crippen LogP contribution in [0.25, 0.3) is 16.7 Å². The standard InChI is InChI=1S/C18H18N4O/c1-12-8-17-16(6-7-18-20-19-13(2)22(17)18)21(12)10-14-4-3-5-15(9-14)11-23/h3-9,23H,10-11H2,1-2H3. The number of rotatable bonds is 3. The van der Waals surface area contributed by atoms with E-state index in [9.17, 15) is 5.11 Å². The van der Waals surface area contributed by atoms with Crippen molar-refractivity contribution in [3.63, 3.8) is 0 Å². The van der Waals surface area contributed by atoms with Crippen molar-refractivity contribution in [1.82, 2.24) is 19.2 Å². The molecular formula is C18H18N4O. The third kappa shape index (κ3) is 2.21. The average molecular weight is 306 g/mol. The Morgan fingerprint density at radius 1 is 0.957 bits per heavy atom. The molecule has 0 aliphatic heterocycles. The summed E-state index contributed by atoms with van der Waals surface area (Å²) in [4.78, 5) is 0. The van der Waals surface area contributed by atoms with Crippen LogP contribution in [0.4, 0.5) is 0 Å². The summed E-state index contributed by atoms with van der Waals surface area (Å²) in [6, 6.07) is 14.3. The molecule has 5 heteroatoms. The van der Waals surface area contributed by atoms with Crippen molar-refractivity contribution in [1.29, 1.82) is 0 Å². The van der Waals surface area contributed by atoms with Crippen molar-refractivity contribution in [3.05, 3.63) is 65.1 Å². The molecule has 0 radical (unpaired) electrons. The third-order valence-electron chi connectivity index (χ3n) is 4.32. The monoisotopic (exact) mass is 306 g/mol. The lowest BCUT2D eigenvalue weighted by Gasteiger charge is -2.10. The lowest BCUT2D eigenvalue weighted by atomic mass is 10.1. The van der Waals surface area contributed by atoms with Crippen molar-refractivity contribution < 1.29 is 5.11 Å². The molecule has 1 N–H and O–H groups in total. The Bertz CT molecular complexity index is 1010. The van der Waals surface area contributed by atoms with Crippen LogP contribution in [-0.2, 0) is 13.2 Å². The normalized spacial score (nSPS) is 11.6. The summed E-state index contributed by atoms with van der Waals surface area (Å²) in [6.07, 6.45) is 0. The van der Waals surface area contributed by atoms with Gasteiger partial charge in [0, 0.05) is 12.2 Å². The van der Waals surface area contributed by atoms with Crippen molar-refractivity contribution in [2.45, 2.75) is 27.0 Å². The van der Waals surface area contributed by atoms with E-state index in [1.54, 1.807) is 0 Å². The highest BCUT2D eigenvalue weighted by Crippen LogP contribution is 2.23. The van der Waals surface area contributed by atoms with Gasteiger partial charge in [-0.3, -0.25) is 4.40 Å². The summed E-state index contributed by atoms with van der Waals surface area (Å²) in [5, 5.41) is 17.7. The molecule has 3 aromatic heterocycles. The average Bonchev–Trinajstić information content (AvgIpc) is 3.09. The molecule has 1 aromatic carbocycles. The maximum absolute atomic E-state index is 9.32. The fourth-order valence-corrected chi connectivity index (χ4v) is 3.19. The zero-order valence-electron chi connectivity index (χ0n) is 13.2. The molecule has 4 rings (SSSR count). The van der Waals surface area contributed by atoms with Crippen LogP contribution in [-0.4, -0.2) is 24.3 Å². The van der Waals surface area contributed by atoms with Gasteiger partial charge in [0.15, 0.2) is 5.65 Å². The summed E-state index contributed by atoms with van der Waals surface area (Å²) >= 11 is 0. The highest BCUT2D eigenvalue weighted by Gasteiger charge is 2.12. The topological polar surface area (TPSA) is 55.4 Å². The molecule has 3 heterocycles. The molecule has 0 fully saturated rings. The fourth-order valence-electron chi connectivity index (χ4n) is 3.19. The van der Waals surface area contributed by atoms with Gasteiger partial charge < -0.3 is 9.67 Å². The van der Waals surface area contributed by atoms with Crippen LogP contribution in [0.2, 0.25) is 0 Å². The van der Waals surface area contributed by atoms with Crippen molar-refractivity contribution in [2.75, 3.05) is 0 Å². The SMILES string of the molecule is Cc1cc2c(ccc3nnc(C)n32)n1Cc1cccc(CO)c1. The predicted octanol–water partition coefficient (Wildman–Crippen LogP) is 2.84. The van der Waals surface area contributed by atoms with E-state index in [-0.39, 0.29) is 6.61 Å². The minimum Gasteiger partial charge on any atom is -0.392 e. The Morgan fingerprint density at radius 3 is 2.61 bits per heavy atom. The maximum atomic E-state index is 9.32. The van der Waals surface area contributed by atoms with Gasteiger partial charge in [-0.15, -0.1) is 10.2 Å². The molecule has 0 aliphatic rings. The summed E-state index contributed by atoms with van der Waals surface area (Å²) in [7, 11) is 0. The van der Waals surface area contributed by atoms with Crippen LogP contribution in [0.15, 0.2) is 42.5 Å². The second-order valence-corrected chi connectivity index (χ2v) is 5.89. The highest BCUT2D eigenvalue weighted by atomic mass is 16.3. The largest absolute Gasteiger partial charge is 0.392 e. The summed E-state index contributed by atoms with van der Waals surface area (Å²) in [6.45, 7) is 4.92. The van der Waals surface area contributed by atoms with Crippen LogP contribution in [0.5, 0.6) is 0 Å². The van der Waals surface area contributed by atoms with Crippen molar-refractivity contribution in [2.24, 2.45) is 0 Å². The first-order valence-corrected chi connectivity index (χ1v) is 7.66. The lowest BCUT2D eigenvalue weighted by Crippen LogP contribution is -2.02. The maximum Gasteiger partial charge on any atom is 0.161 e. The number of nitrogens with zero attached hydrogens (tertiary/aromatic N) is 4. The Morgan fingerprint density at radius 2 is 1.78 bits per heavy atom. The Balaban J connectivity index is 1.88. The molecule has 23 heavy (non-hydrogen) atoms. The van der Waals surface area contributed by atoms with E-state index in [1.165, 1.54) is 11.3 Å². The van der Waals surface area contributed by atoms with E-state index in [2.05, 4.69) is 44.3 Å². The van der Waals surface area contributed by atoms with Gasteiger partial charge in [0.05, 0.1) is 17.6 Å². The fraction of sp³-hybridized carbons (Fsp3) is 0.222. The molecule has 0 unspecified atom stereocenters. The first-order valence-electron chi connectivity index (χ1n) is 7.66. The number of aryl methyl sites for hydroxylation is 2. The number of aromatic nitrogens is 4. The summed E-state index contributed by atoms with van der Waals surface area (Å²) in [5.41, 5.74) is 6.46. The second kappa shape index (κ2) is 5.21. The molecule has 0 saturated carbocycles. The first kappa shape index (κ1) is 14.0. The number of fused-ring (bicyclic) bond motifs is 3. The summed E-state index contributed by atoms with van der Waals surface area (Å²) < 4.78 is 4.37. The van der Waals surface area contributed by atoms with Crippen LogP contribution in [0.3, 0.4) is 0 Å². The van der Waals surface area contributed by atoms with Gasteiger partial charge >= 0.3 is 0 Å². The molecule has 0 spiro atoms. The van der Waals surface area contributed by atoms with E-state index in [4.69, 9.17) is 0 Å². The van der Waals surface area contributed by atoms with Crippen molar-refractivity contribution in [3.8, 4) is 0 Å². The third-order valence-corrected chi connectivity index (χ3v) is 4.32. The van der Waals surface area contributed by atoms with Gasteiger partial charge in [-0.2, -0.15) is 0 Å². The van der Waals surface area contributed by atoms with Crippen LogP contribution in [0, 0.1) is 13.8 Å². The number of hydrogen-bond donors (Lipinski definition) is 1. The van der Waals surface area contributed by atoms with Gasteiger partial charge in [-0.05, 0) is 43.2 Å². The smallest absolute Gasteiger partial charge is 0.161 e. The zero-order chi connectivity index (χ0) is 16.0. The first-order chi connectivity index (χ1) is 11.2. The Hall–Kier alpha value is -2.66. The molecule has 0 bridgehead atoms. The molecule has 0 saturated heterocycles. The summed E-state index contributed by atoms with van der Waals surface area (Å²) in [5.74, 6) is 0.894. The van der Waals surface area contributed by atoms with Gasteiger partial charge in [-0.1, -0.05) is 24.3 Å². The minimum absolute atomic E-state index is 0.0692. The van der Waals surface area contributed by atoms with E-state index >= 15 is 0 Å². The number of benzene rings is 1. The van der Waals surface area contributed by atoms with E-state index in [0.717, 1.165) is 34.6 Å². The van der Waals surface area contributed by atoms with Crippen LogP contribution >= 0.6 is 0 Å². The van der Waals surface area contributed by atoms with Crippen LogP contribution < -0.4 is 0 Å². The molecule has 116 valence electrons. The zero-order valence-corrected chi connectivity index (χ0v) is 13.2. The Kier molecular flexibility index (Phi) is 3.16. The van der Waals surface area contributed by atoms with Gasteiger partial charge in [0.25, 0.3) is 0 Å². The van der Waals surface area contributed by atoms with Gasteiger partial charge in [0.1, 0.15) is 5.82 Å². The number of aliphatic hydroxyl groups is 1. The molecular weight excluding hydrogens is 288 g/mol. The predicted molar refractivity (Wildman–Crippen MR) is 89.4 cm³/mol. The van der Waals surface area contributed by atoms with Crippen molar-refractivity contribution >= 4 is 16.7 Å². The number of pyridine rings is 1. The molecule has 0 aliphatic carbocycles. The number of aliphatic hydroxyl groups excluding tert-OH is 1. The molecule has 5 nitrogen and oxygen atoms in total. The molecule has 4 aromatic rings. The van der Waals surface area contributed by atoms with E-state index < -0.39 is 0 Å². The molecule has 0 amide bonds. The van der Waals surface area contributed by atoms with Crippen LogP contribution in [0.1, 0.15) is 22.6 Å². The second-order valence-electron chi connectivity index (χ2n) is 5.89. The highest BCUT2D eigenvalue weighted by molar-refractivity contribution is 5.81. The van der Waals surface area contributed by atoms with E-state index in [0.29, 0.717) is 0 Å². The van der Waals surface area contributed by atoms with E-state index in [1.807, 2.05) is 31.2 Å². The minimum atomic E-state index is 0.0692. The Labute approximate surface area is 133 Å². The van der Waals surface area contributed by atoms with Gasteiger partial charge in [0.2, 0.25) is 0 Å². The molecule has 0 atom stereocenters. The lowest BCUT2D eigenvalue weighted by molar-refractivity contribution is 0.281. The quantitative estimate of drug-likeness (QED) is 0.633. The number of hydrogen-bond acceptors (Lipinski definition) is 3.